The lowest BCUT2D eigenvalue weighted by molar-refractivity contribution is -0.170. The van der Waals surface area contributed by atoms with E-state index in [0.717, 1.165) is 24.5 Å². The molecule has 2 rings (SSSR count). The van der Waals surface area contributed by atoms with Gasteiger partial charge in [0.25, 0.3) is 0 Å². The average molecular weight is 623 g/mol. The monoisotopic (exact) mass is 622 g/mol. The maximum atomic E-state index is 12.8. The predicted molar refractivity (Wildman–Crippen MR) is 161 cm³/mol. The van der Waals surface area contributed by atoms with E-state index in [0.29, 0.717) is 19.8 Å². The second-order valence-electron chi connectivity index (χ2n) is 12.1. The van der Waals surface area contributed by atoms with Crippen LogP contribution in [-0.2, 0) is 55.8 Å². The van der Waals surface area contributed by atoms with Gasteiger partial charge >= 0.3 is 17.9 Å². The summed E-state index contributed by atoms with van der Waals surface area (Å²) in [4.78, 5) is 49.3. The fourth-order valence-electron chi connectivity index (χ4n) is 5.07. The molecular weight excluding hydrogens is 570 g/mol. The Morgan fingerprint density at radius 3 is 2.45 bits per heavy atom. The molecule has 0 spiro atoms. The minimum absolute atomic E-state index is 0.0998. The maximum absolute atomic E-state index is 12.8. The topological polar surface area (TPSA) is 145 Å². The molecule has 0 aliphatic heterocycles. The Bertz CT molecular complexity index is 1020. The number of rotatable bonds is 22. The van der Waals surface area contributed by atoms with Gasteiger partial charge in [-0.1, -0.05) is 19.1 Å². The molecule has 0 saturated heterocycles. The van der Waals surface area contributed by atoms with E-state index >= 15 is 0 Å². The number of carbonyl (C=O) groups excluding carboxylic acids is 4. The van der Waals surface area contributed by atoms with Crippen LogP contribution in [0, 0.1) is 29.6 Å². The zero-order chi connectivity index (χ0) is 32.4. The van der Waals surface area contributed by atoms with Crippen molar-refractivity contribution in [2.24, 2.45) is 23.2 Å². The molecule has 44 heavy (non-hydrogen) atoms. The normalized spacial score (nSPS) is 15.2. The van der Waals surface area contributed by atoms with E-state index in [1.807, 2.05) is 6.20 Å². The van der Waals surface area contributed by atoms with Crippen LogP contribution >= 0.6 is 0 Å². The van der Waals surface area contributed by atoms with Crippen molar-refractivity contribution in [1.29, 1.82) is 0 Å². The van der Waals surface area contributed by atoms with Crippen LogP contribution in [0.1, 0.15) is 91.7 Å². The molecule has 1 aromatic heterocycles. The summed E-state index contributed by atoms with van der Waals surface area (Å²) in [5.74, 6) is -2.44. The van der Waals surface area contributed by atoms with E-state index in [1.165, 1.54) is 25.7 Å². The largest absolute Gasteiger partial charge is 0.466 e. The highest BCUT2D eigenvalue weighted by molar-refractivity contribution is 5.83. The first-order chi connectivity index (χ1) is 21.1. The predicted octanol–water partition coefficient (Wildman–Crippen LogP) is 4.28. The molecule has 2 atom stereocenters. The van der Waals surface area contributed by atoms with Gasteiger partial charge in [0.05, 0.1) is 75.2 Å². The third-order valence-corrected chi connectivity index (χ3v) is 7.80. The SMILES string of the molecule is CCOC(=O)C(CC(C)C(=O)OCC(=O)CC)CC(C)(C)C(=O)OCOCCOCCn1cc(CCC2CC[CH+]CC2)nn1. The quantitative estimate of drug-likeness (QED) is 0.0600. The first kappa shape index (κ1) is 37.2. The number of hydrogen-bond acceptors (Lipinski definition) is 11. The molecule has 0 radical (unpaired) electrons. The Balaban J connectivity index is 1.65. The van der Waals surface area contributed by atoms with Crippen LogP contribution in [-0.4, -0.2) is 78.5 Å². The summed E-state index contributed by atoms with van der Waals surface area (Å²) in [5.41, 5.74) is -0.0385. The Kier molecular flexibility index (Phi) is 17.0. The van der Waals surface area contributed by atoms with Crippen molar-refractivity contribution in [3.8, 4) is 0 Å². The molecule has 248 valence electrons. The Labute approximate surface area is 261 Å². The van der Waals surface area contributed by atoms with E-state index in [2.05, 4.69) is 16.7 Å². The van der Waals surface area contributed by atoms with Crippen LogP contribution < -0.4 is 0 Å². The van der Waals surface area contributed by atoms with Crippen LogP contribution in [0.25, 0.3) is 0 Å². The van der Waals surface area contributed by atoms with Crippen molar-refractivity contribution >= 4 is 23.7 Å². The Morgan fingerprint density at radius 2 is 1.75 bits per heavy atom. The molecule has 0 amide bonds. The molecule has 1 heterocycles. The van der Waals surface area contributed by atoms with Gasteiger partial charge in [0.15, 0.2) is 12.6 Å². The molecule has 1 aromatic rings. The summed E-state index contributed by atoms with van der Waals surface area (Å²) in [6, 6.07) is 0. The summed E-state index contributed by atoms with van der Waals surface area (Å²) >= 11 is 0. The van der Waals surface area contributed by atoms with Crippen LogP contribution in [0.3, 0.4) is 0 Å². The second kappa shape index (κ2) is 20.1. The standard InChI is InChI=1S/C32H52N3O9/c1-6-28(36)22-43-29(37)24(3)19-26(30(38)42-7-2)20-32(4,5)31(39)44-23-41-18-17-40-16-15-35-21-27(33-34-35)14-13-25-11-9-8-10-12-25/h8,21,24-26H,6-7,9-20,22-23H2,1-5H3/q+1. The average Bonchev–Trinajstić information content (AvgIpc) is 3.47. The zero-order valence-corrected chi connectivity index (χ0v) is 27.2. The lowest BCUT2D eigenvalue weighted by Gasteiger charge is -2.28. The number of ketones is 1. The lowest BCUT2D eigenvalue weighted by atomic mass is 9.79. The second-order valence-corrected chi connectivity index (χ2v) is 12.1. The number of nitrogens with zero attached hydrogens (tertiary/aromatic N) is 3. The van der Waals surface area contributed by atoms with E-state index < -0.39 is 35.2 Å². The fraction of sp³-hybridized carbons (Fsp3) is 0.781. The van der Waals surface area contributed by atoms with Crippen molar-refractivity contribution in [2.75, 3.05) is 39.8 Å². The smallest absolute Gasteiger partial charge is 0.313 e. The maximum Gasteiger partial charge on any atom is 0.313 e. The Hall–Kier alpha value is -2.99. The summed E-state index contributed by atoms with van der Waals surface area (Å²) < 4.78 is 28.3. The van der Waals surface area contributed by atoms with Crippen molar-refractivity contribution in [1.82, 2.24) is 15.0 Å². The molecule has 12 heteroatoms. The van der Waals surface area contributed by atoms with Gasteiger partial charge < -0.3 is 23.7 Å². The molecule has 1 saturated carbocycles. The minimum atomic E-state index is -1.05. The molecule has 0 aromatic carbocycles. The molecule has 1 fully saturated rings. The highest BCUT2D eigenvalue weighted by atomic mass is 16.7. The minimum Gasteiger partial charge on any atom is -0.466 e. The molecule has 1 aliphatic carbocycles. The van der Waals surface area contributed by atoms with Gasteiger partial charge in [0.2, 0.25) is 0 Å². The van der Waals surface area contributed by atoms with Crippen molar-refractivity contribution < 1.29 is 42.9 Å². The van der Waals surface area contributed by atoms with Gasteiger partial charge in [-0.3, -0.25) is 19.2 Å². The van der Waals surface area contributed by atoms with Crippen LogP contribution in [0.2, 0.25) is 0 Å². The van der Waals surface area contributed by atoms with E-state index in [1.54, 1.807) is 39.3 Å². The zero-order valence-electron chi connectivity index (χ0n) is 27.2. The number of Topliss-reactive ketones (excluding diaryl/α,β-unsaturated/α-hetero) is 1. The van der Waals surface area contributed by atoms with E-state index in [4.69, 9.17) is 23.7 Å². The number of aryl methyl sites for hydroxylation is 1. The lowest BCUT2D eigenvalue weighted by Crippen LogP contribution is -2.34. The number of aromatic nitrogens is 3. The molecule has 0 bridgehead atoms. The number of carbonyl (C=O) groups is 4. The van der Waals surface area contributed by atoms with Gasteiger partial charge in [0.1, 0.15) is 6.61 Å². The molecular formula is C32H52N3O9+. The first-order valence-corrected chi connectivity index (χ1v) is 15.9. The van der Waals surface area contributed by atoms with Crippen molar-refractivity contribution in [2.45, 2.75) is 99.0 Å². The van der Waals surface area contributed by atoms with Gasteiger partial charge in [0, 0.05) is 12.6 Å². The summed E-state index contributed by atoms with van der Waals surface area (Å²) in [6.07, 6.45) is 12.0. The molecule has 1 aliphatic rings. The first-order valence-electron chi connectivity index (χ1n) is 15.9. The van der Waals surface area contributed by atoms with Crippen molar-refractivity contribution in [3.05, 3.63) is 18.3 Å². The van der Waals surface area contributed by atoms with E-state index in [-0.39, 0.29) is 51.7 Å². The highest BCUT2D eigenvalue weighted by Gasteiger charge is 2.37. The summed E-state index contributed by atoms with van der Waals surface area (Å²) in [6.45, 7) is 9.53. The fourth-order valence-corrected chi connectivity index (χ4v) is 5.07. The summed E-state index contributed by atoms with van der Waals surface area (Å²) in [7, 11) is 0. The van der Waals surface area contributed by atoms with Crippen LogP contribution in [0.15, 0.2) is 6.20 Å². The molecule has 2 unspecified atom stereocenters. The van der Waals surface area contributed by atoms with Gasteiger partial charge in [-0.15, -0.1) is 5.10 Å². The number of esters is 3. The van der Waals surface area contributed by atoms with Crippen LogP contribution in [0.4, 0.5) is 0 Å². The third kappa shape index (κ3) is 14.2. The van der Waals surface area contributed by atoms with Gasteiger partial charge in [-0.05, 0) is 65.2 Å². The highest BCUT2D eigenvalue weighted by Crippen LogP contribution is 2.32. The summed E-state index contributed by atoms with van der Waals surface area (Å²) in [5, 5.41) is 8.45. The van der Waals surface area contributed by atoms with E-state index in [9.17, 15) is 19.2 Å². The van der Waals surface area contributed by atoms with Gasteiger partial charge in [-0.2, -0.15) is 0 Å². The third-order valence-electron chi connectivity index (χ3n) is 7.80. The number of hydrogen-bond donors (Lipinski definition) is 0. The molecule has 12 nitrogen and oxygen atoms in total. The Morgan fingerprint density at radius 1 is 1.02 bits per heavy atom. The molecule has 0 N–H and O–H groups in total. The van der Waals surface area contributed by atoms with Gasteiger partial charge in [-0.25, -0.2) is 4.68 Å². The number of ether oxygens (including phenoxy) is 5. The van der Waals surface area contributed by atoms with Crippen molar-refractivity contribution in [3.63, 3.8) is 0 Å². The van der Waals surface area contributed by atoms with Crippen LogP contribution in [0.5, 0.6) is 0 Å².